The number of benzene rings is 1. The van der Waals surface area contributed by atoms with Crippen molar-refractivity contribution in [2.24, 2.45) is 5.92 Å². The maximum Gasteiger partial charge on any atom is 0.201 e. The summed E-state index contributed by atoms with van der Waals surface area (Å²) in [6.07, 6.45) is 1.87. The molecule has 0 atom stereocenters. The van der Waals surface area contributed by atoms with E-state index in [1.54, 1.807) is 0 Å². The first-order chi connectivity index (χ1) is 8.74. The number of Topliss-reactive ketones (excluding diaryl/α,β-unsaturated/α-hetero) is 1. The van der Waals surface area contributed by atoms with Crippen molar-refractivity contribution in [3.8, 4) is 0 Å². The highest BCUT2D eigenvalue weighted by molar-refractivity contribution is 5.99. The average Bonchev–Trinajstić information content (AvgIpc) is 2.82. The van der Waals surface area contributed by atoms with E-state index in [1.807, 2.05) is 30.3 Å². The quantitative estimate of drug-likeness (QED) is 0.760. The van der Waals surface area contributed by atoms with Crippen molar-refractivity contribution in [1.82, 2.24) is 4.90 Å². The fourth-order valence-electron chi connectivity index (χ4n) is 2.58. The van der Waals surface area contributed by atoms with Gasteiger partial charge in [0.1, 0.15) is 5.58 Å². The third kappa shape index (κ3) is 2.06. The smallest absolute Gasteiger partial charge is 0.201 e. The fraction of sp³-hybridized carbons (Fsp3) is 0.400. The van der Waals surface area contributed by atoms with Crippen LogP contribution < -0.4 is 0 Å². The van der Waals surface area contributed by atoms with E-state index in [9.17, 15) is 4.79 Å². The van der Waals surface area contributed by atoms with Gasteiger partial charge in [0.2, 0.25) is 5.78 Å². The fourth-order valence-corrected chi connectivity index (χ4v) is 2.58. The Morgan fingerprint density at radius 2 is 2.00 bits per heavy atom. The predicted octanol–water partition coefficient (Wildman–Crippen LogP) is 2.96. The van der Waals surface area contributed by atoms with E-state index in [2.05, 4.69) is 11.9 Å². The maximum absolute atomic E-state index is 12.4. The standard InChI is InChI=1S/C15H17NO2/c1-16-8-6-11(7-9-16)15(17)14-10-12-4-2-3-5-13(12)18-14/h2-5,10-11H,6-9H2,1H3. The second-order valence-corrected chi connectivity index (χ2v) is 5.09. The number of hydrogen-bond acceptors (Lipinski definition) is 3. The van der Waals surface area contributed by atoms with Gasteiger partial charge in [-0.1, -0.05) is 18.2 Å². The Morgan fingerprint density at radius 1 is 1.28 bits per heavy atom. The molecule has 18 heavy (non-hydrogen) atoms. The minimum atomic E-state index is 0.127. The summed E-state index contributed by atoms with van der Waals surface area (Å²) in [5.74, 6) is 0.812. The molecule has 0 N–H and O–H groups in total. The molecule has 2 aromatic rings. The lowest BCUT2D eigenvalue weighted by atomic mass is 9.91. The first-order valence-corrected chi connectivity index (χ1v) is 6.45. The summed E-state index contributed by atoms with van der Waals surface area (Å²) in [7, 11) is 2.10. The summed E-state index contributed by atoms with van der Waals surface area (Å²) in [6.45, 7) is 1.99. The molecule has 1 saturated heterocycles. The summed E-state index contributed by atoms with van der Waals surface area (Å²) in [5, 5.41) is 1.01. The summed E-state index contributed by atoms with van der Waals surface area (Å²) in [6, 6.07) is 9.64. The van der Waals surface area contributed by atoms with Crippen molar-refractivity contribution in [2.75, 3.05) is 20.1 Å². The van der Waals surface area contributed by atoms with Crippen LogP contribution in [0.2, 0.25) is 0 Å². The number of likely N-dealkylation sites (tertiary alicyclic amines) is 1. The lowest BCUT2D eigenvalue weighted by Gasteiger charge is -2.27. The van der Waals surface area contributed by atoms with Gasteiger partial charge in [-0.2, -0.15) is 0 Å². The molecule has 0 amide bonds. The molecule has 94 valence electrons. The van der Waals surface area contributed by atoms with Crippen LogP contribution in [0.4, 0.5) is 0 Å². The minimum absolute atomic E-state index is 0.127. The molecule has 0 aliphatic carbocycles. The topological polar surface area (TPSA) is 33.5 Å². The lowest BCUT2D eigenvalue weighted by molar-refractivity contribution is 0.0830. The molecular formula is C15H17NO2. The highest BCUT2D eigenvalue weighted by Gasteiger charge is 2.26. The van der Waals surface area contributed by atoms with E-state index in [-0.39, 0.29) is 11.7 Å². The molecule has 0 bridgehead atoms. The SMILES string of the molecule is CN1CCC(C(=O)c2cc3ccccc3o2)CC1. The Hall–Kier alpha value is -1.61. The summed E-state index contributed by atoms with van der Waals surface area (Å²) in [5.41, 5.74) is 0.800. The van der Waals surface area contributed by atoms with Crippen molar-refractivity contribution in [3.63, 3.8) is 0 Å². The van der Waals surface area contributed by atoms with E-state index in [4.69, 9.17) is 4.42 Å². The van der Waals surface area contributed by atoms with Crippen molar-refractivity contribution in [2.45, 2.75) is 12.8 Å². The number of carbonyl (C=O) groups excluding carboxylic acids is 1. The number of ketones is 1. The molecular weight excluding hydrogens is 226 g/mol. The predicted molar refractivity (Wildman–Crippen MR) is 70.8 cm³/mol. The molecule has 0 unspecified atom stereocenters. The van der Waals surface area contributed by atoms with E-state index in [0.717, 1.165) is 36.9 Å². The molecule has 1 aromatic heterocycles. The van der Waals surface area contributed by atoms with E-state index < -0.39 is 0 Å². The monoisotopic (exact) mass is 243 g/mol. The molecule has 3 rings (SSSR count). The van der Waals surface area contributed by atoms with Crippen molar-refractivity contribution < 1.29 is 9.21 Å². The first kappa shape index (κ1) is 11.5. The molecule has 2 heterocycles. The van der Waals surface area contributed by atoms with Crippen LogP contribution >= 0.6 is 0 Å². The number of fused-ring (bicyclic) bond motifs is 1. The van der Waals surface area contributed by atoms with E-state index >= 15 is 0 Å². The molecule has 1 aliphatic rings. The molecule has 3 nitrogen and oxygen atoms in total. The third-order valence-electron chi connectivity index (χ3n) is 3.76. The van der Waals surface area contributed by atoms with Crippen molar-refractivity contribution >= 4 is 16.8 Å². The van der Waals surface area contributed by atoms with Gasteiger partial charge in [-0.3, -0.25) is 4.79 Å². The van der Waals surface area contributed by atoms with Crippen LogP contribution in [0.5, 0.6) is 0 Å². The molecule has 1 aromatic carbocycles. The van der Waals surface area contributed by atoms with Gasteiger partial charge in [-0.05, 0) is 45.1 Å². The van der Waals surface area contributed by atoms with Gasteiger partial charge < -0.3 is 9.32 Å². The molecule has 0 saturated carbocycles. The highest BCUT2D eigenvalue weighted by atomic mass is 16.3. The number of furan rings is 1. The number of rotatable bonds is 2. The van der Waals surface area contributed by atoms with E-state index in [1.165, 1.54) is 0 Å². The second kappa shape index (κ2) is 4.58. The van der Waals surface area contributed by atoms with Gasteiger partial charge in [0, 0.05) is 11.3 Å². The molecule has 0 spiro atoms. The zero-order valence-electron chi connectivity index (χ0n) is 10.6. The van der Waals surface area contributed by atoms with Crippen LogP contribution in [0.25, 0.3) is 11.0 Å². The van der Waals surface area contributed by atoms with Crippen LogP contribution in [0.15, 0.2) is 34.7 Å². The molecule has 1 aliphatic heterocycles. The average molecular weight is 243 g/mol. The number of para-hydroxylation sites is 1. The van der Waals surface area contributed by atoms with Gasteiger partial charge in [-0.25, -0.2) is 0 Å². The lowest BCUT2D eigenvalue weighted by Crippen LogP contribution is -2.33. The first-order valence-electron chi connectivity index (χ1n) is 6.45. The van der Waals surface area contributed by atoms with Crippen LogP contribution in [0.1, 0.15) is 23.4 Å². The van der Waals surface area contributed by atoms with Crippen LogP contribution in [-0.2, 0) is 0 Å². The Labute approximate surface area is 106 Å². The van der Waals surface area contributed by atoms with Crippen LogP contribution in [0.3, 0.4) is 0 Å². The summed E-state index contributed by atoms with van der Waals surface area (Å²) < 4.78 is 5.65. The number of carbonyl (C=O) groups is 1. The van der Waals surface area contributed by atoms with Crippen molar-refractivity contribution in [1.29, 1.82) is 0 Å². The molecule has 3 heteroatoms. The Kier molecular flexibility index (Phi) is 2.92. The van der Waals surface area contributed by atoms with Gasteiger partial charge in [0.15, 0.2) is 5.76 Å². The van der Waals surface area contributed by atoms with Gasteiger partial charge in [0.05, 0.1) is 0 Å². The summed E-state index contributed by atoms with van der Waals surface area (Å²) in [4.78, 5) is 14.6. The van der Waals surface area contributed by atoms with Gasteiger partial charge in [-0.15, -0.1) is 0 Å². The van der Waals surface area contributed by atoms with Gasteiger partial charge in [0.25, 0.3) is 0 Å². The van der Waals surface area contributed by atoms with Gasteiger partial charge >= 0.3 is 0 Å². The third-order valence-corrected chi connectivity index (χ3v) is 3.76. The Bertz CT molecular complexity index is 532. The molecule has 1 fully saturated rings. The van der Waals surface area contributed by atoms with Crippen LogP contribution in [0, 0.1) is 5.92 Å². The Morgan fingerprint density at radius 3 is 2.72 bits per heavy atom. The normalized spacial score (nSPS) is 18.3. The number of piperidine rings is 1. The zero-order chi connectivity index (χ0) is 12.5. The maximum atomic E-state index is 12.4. The zero-order valence-corrected chi connectivity index (χ0v) is 10.6. The second-order valence-electron chi connectivity index (χ2n) is 5.09. The summed E-state index contributed by atoms with van der Waals surface area (Å²) >= 11 is 0. The largest absolute Gasteiger partial charge is 0.453 e. The minimum Gasteiger partial charge on any atom is -0.453 e. The number of hydrogen-bond donors (Lipinski definition) is 0. The van der Waals surface area contributed by atoms with E-state index in [0.29, 0.717) is 5.76 Å². The highest BCUT2D eigenvalue weighted by Crippen LogP contribution is 2.25. The number of nitrogens with zero attached hydrogens (tertiary/aromatic N) is 1. The molecule has 0 radical (unpaired) electrons. The van der Waals surface area contributed by atoms with Crippen molar-refractivity contribution in [3.05, 3.63) is 36.1 Å². The van der Waals surface area contributed by atoms with Crippen LogP contribution in [-0.4, -0.2) is 30.8 Å². The Balaban J connectivity index is 1.83.